The van der Waals surface area contributed by atoms with Gasteiger partial charge < -0.3 is 10.2 Å². The second-order valence-electron chi connectivity index (χ2n) is 6.09. The van der Waals surface area contributed by atoms with E-state index in [2.05, 4.69) is 22.1 Å². The number of hydrogen-bond acceptors (Lipinski definition) is 4. The van der Waals surface area contributed by atoms with Gasteiger partial charge in [-0.05, 0) is 54.5 Å². The summed E-state index contributed by atoms with van der Waals surface area (Å²) >= 11 is 1.71. The number of rotatable bonds is 5. The van der Waals surface area contributed by atoms with Crippen LogP contribution in [0.1, 0.15) is 37.7 Å². The number of carbonyl (C=O) groups is 1. The SMILES string of the molecule is C[C@@H](CCS(C)(=O)=O)NC(=O)N1CCC(c2ccsc2)CC1. The normalized spacial score (nSPS) is 18.2. The molecule has 1 aliphatic rings. The molecule has 1 aliphatic heterocycles. The molecule has 5 nitrogen and oxygen atoms in total. The van der Waals surface area contributed by atoms with Crippen molar-refractivity contribution in [2.24, 2.45) is 0 Å². The molecule has 124 valence electrons. The highest BCUT2D eigenvalue weighted by Gasteiger charge is 2.24. The van der Waals surface area contributed by atoms with Crippen LogP contribution in [-0.2, 0) is 9.84 Å². The van der Waals surface area contributed by atoms with Gasteiger partial charge in [0.1, 0.15) is 9.84 Å². The first kappa shape index (κ1) is 17.3. The van der Waals surface area contributed by atoms with Crippen LogP contribution in [0, 0.1) is 0 Å². The third kappa shape index (κ3) is 5.28. The maximum Gasteiger partial charge on any atom is 0.317 e. The van der Waals surface area contributed by atoms with Gasteiger partial charge in [0, 0.05) is 25.4 Å². The first-order chi connectivity index (χ1) is 10.3. The van der Waals surface area contributed by atoms with Crippen molar-refractivity contribution in [3.05, 3.63) is 22.4 Å². The largest absolute Gasteiger partial charge is 0.336 e. The molecule has 1 fully saturated rings. The topological polar surface area (TPSA) is 66.5 Å². The molecule has 0 unspecified atom stereocenters. The molecule has 7 heteroatoms. The van der Waals surface area contributed by atoms with Crippen molar-refractivity contribution < 1.29 is 13.2 Å². The molecular formula is C15H24N2O3S2. The zero-order valence-corrected chi connectivity index (χ0v) is 14.8. The summed E-state index contributed by atoms with van der Waals surface area (Å²) in [5.41, 5.74) is 1.38. The van der Waals surface area contributed by atoms with Crippen LogP contribution < -0.4 is 5.32 Å². The van der Waals surface area contributed by atoms with Crippen LogP contribution in [0.15, 0.2) is 16.8 Å². The second kappa shape index (κ2) is 7.46. The van der Waals surface area contributed by atoms with Crippen LogP contribution >= 0.6 is 11.3 Å². The number of amides is 2. The van der Waals surface area contributed by atoms with E-state index in [-0.39, 0.29) is 17.8 Å². The number of carbonyl (C=O) groups excluding carboxylic acids is 1. The van der Waals surface area contributed by atoms with Gasteiger partial charge in [-0.3, -0.25) is 0 Å². The van der Waals surface area contributed by atoms with Crippen LogP contribution in [0.5, 0.6) is 0 Å². The van der Waals surface area contributed by atoms with Crippen molar-refractivity contribution in [3.63, 3.8) is 0 Å². The third-order valence-corrected chi connectivity index (χ3v) is 5.77. The predicted octanol–water partition coefficient (Wildman–Crippen LogP) is 2.46. The fourth-order valence-electron chi connectivity index (χ4n) is 2.69. The van der Waals surface area contributed by atoms with Gasteiger partial charge in [0.25, 0.3) is 0 Å². The lowest BCUT2D eigenvalue weighted by Gasteiger charge is -2.32. The average Bonchev–Trinajstić information content (AvgIpc) is 2.99. The molecule has 1 aromatic rings. The lowest BCUT2D eigenvalue weighted by Crippen LogP contribution is -2.47. The lowest BCUT2D eigenvalue weighted by molar-refractivity contribution is 0.178. The molecule has 0 saturated carbocycles. The van der Waals surface area contributed by atoms with Gasteiger partial charge in [-0.15, -0.1) is 0 Å². The van der Waals surface area contributed by atoms with Crippen molar-refractivity contribution >= 4 is 27.2 Å². The first-order valence-electron chi connectivity index (χ1n) is 7.60. The van der Waals surface area contributed by atoms with E-state index in [4.69, 9.17) is 0 Å². The molecule has 2 heterocycles. The molecule has 0 radical (unpaired) electrons. The van der Waals surface area contributed by atoms with Crippen LogP contribution in [0.2, 0.25) is 0 Å². The summed E-state index contributed by atoms with van der Waals surface area (Å²) in [6.07, 6.45) is 3.65. The molecule has 1 saturated heterocycles. The summed E-state index contributed by atoms with van der Waals surface area (Å²) in [7, 11) is -2.98. The lowest BCUT2D eigenvalue weighted by atomic mass is 9.91. The van der Waals surface area contributed by atoms with E-state index < -0.39 is 9.84 Å². The summed E-state index contributed by atoms with van der Waals surface area (Å²) in [6, 6.07) is 1.96. The smallest absolute Gasteiger partial charge is 0.317 e. The number of sulfone groups is 1. The van der Waals surface area contributed by atoms with Crippen molar-refractivity contribution in [3.8, 4) is 0 Å². The van der Waals surface area contributed by atoms with Crippen molar-refractivity contribution in [1.82, 2.24) is 10.2 Å². The summed E-state index contributed by atoms with van der Waals surface area (Å²) < 4.78 is 22.3. The molecule has 2 amide bonds. The minimum Gasteiger partial charge on any atom is -0.336 e. The van der Waals surface area contributed by atoms with Crippen LogP contribution in [-0.4, -0.2) is 50.5 Å². The highest BCUT2D eigenvalue weighted by atomic mass is 32.2. The van der Waals surface area contributed by atoms with Crippen LogP contribution in [0.4, 0.5) is 4.79 Å². The highest BCUT2D eigenvalue weighted by molar-refractivity contribution is 7.90. The molecule has 2 rings (SSSR count). The van der Waals surface area contributed by atoms with Crippen molar-refractivity contribution in [1.29, 1.82) is 0 Å². The number of nitrogens with one attached hydrogen (secondary N) is 1. The minimum atomic E-state index is -2.98. The van der Waals surface area contributed by atoms with Crippen molar-refractivity contribution in [2.45, 2.75) is 38.1 Å². The maximum absolute atomic E-state index is 12.2. The van der Waals surface area contributed by atoms with Gasteiger partial charge in [-0.1, -0.05) is 0 Å². The quantitative estimate of drug-likeness (QED) is 0.892. The Bertz CT molecular complexity index is 576. The molecule has 0 aliphatic carbocycles. The van der Waals surface area contributed by atoms with E-state index in [0.29, 0.717) is 12.3 Å². The fraction of sp³-hybridized carbons (Fsp3) is 0.667. The minimum absolute atomic E-state index is 0.0789. The third-order valence-electron chi connectivity index (χ3n) is 4.09. The van der Waals surface area contributed by atoms with Crippen LogP contribution in [0.3, 0.4) is 0 Å². The summed E-state index contributed by atoms with van der Waals surface area (Å²) in [4.78, 5) is 14.0. The highest BCUT2D eigenvalue weighted by Crippen LogP contribution is 2.29. The molecule has 0 bridgehead atoms. The zero-order valence-electron chi connectivity index (χ0n) is 13.1. The monoisotopic (exact) mass is 344 g/mol. The zero-order chi connectivity index (χ0) is 16.2. The predicted molar refractivity (Wildman–Crippen MR) is 90.2 cm³/mol. The van der Waals surface area contributed by atoms with E-state index in [9.17, 15) is 13.2 Å². The summed E-state index contributed by atoms with van der Waals surface area (Å²) in [5.74, 6) is 0.659. The maximum atomic E-state index is 12.2. The van der Waals surface area contributed by atoms with Gasteiger partial charge in [0.05, 0.1) is 5.75 Å². The van der Waals surface area contributed by atoms with Gasteiger partial charge in [0.15, 0.2) is 0 Å². The second-order valence-corrected chi connectivity index (χ2v) is 9.13. The Balaban J connectivity index is 1.75. The molecule has 0 aromatic carbocycles. The number of thiophene rings is 1. The van der Waals surface area contributed by atoms with Gasteiger partial charge in [0.2, 0.25) is 0 Å². The average molecular weight is 345 g/mol. The number of piperidine rings is 1. The van der Waals surface area contributed by atoms with E-state index in [0.717, 1.165) is 25.9 Å². The van der Waals surface area contributed by atoms with E-state index in [1.165, 1.54) is 11.8 Å². The number of hydrogen-bond donors (Lipinski definition) is 1. The summed E-state index contributed by atoms with van der Waals surface area (Å²) in [5, 5.41) is 7.18. The molecule has 1 aromatic heterocycles. The van der Waals surface area contributed by atoms with Crippen LogP contribution in [0.25, 0.3) is 0 Å². The van der Waals surface area contributed by atoms with E-state index in [1.807, 2.05) is 11.8 Å². The standard InChI is InChI=1S/C15H24N2O3S2/c1-12(6-10-22(2,19)20)16-15(18)17-7-3-13(4-8-17)14-5-9-21-11-14/h5,9,11-13H,3-4,6-8,10H2,1-2H3,(H,16,18)/t12-/m0/s1. The molecule has 22 heavy (non-hydrogen) atoms. The van der Waals surface area contributed by atoms with Crippen molar-refractivity contribution in [2.75, 3.05) is 25.1 Å². The van der Waals surface area contributed by atoms with Gasteiger partial charge in [-0.25, -0.2) is 13.2 Å². The Hall–Kier alpha value is -1.08. The fourth-order valence-corrected chi connectivity index (χ4v) is 4.21. The Morgan fingerprint density at radius 2 is 2.14 bits per heavy atom. The Morgan fingerprint density at radius 1 is 1.45 bits per heavy atom. The number of nitrogens with zero attached hydrogens (tertiary/aromatic N) is 1. The van der Waals surface area contributed by atoms with Gasteiger partial charge >= 0.3 is 6.03 Å². The van der Waals surface area contributed by atoms with E-state index in [1.54, 1.807) is 11.3 Å². The first-order valence-corrected chi connectivity index (χ1v) is 10.6. The Kier molecular flexibility index (Phi) is 5.86. The number of likely N-dealkylation sites (tertiary alicyclic amines) is 1. The van der Waals surface area contributed by atoms with Gasteiger partial charge in [-0.2, -0.15) is 11.3 Å². The molecular weight excluding hydrogens is 320 g/mol. The summed E-state index contributed by atoms with van der Waals surface area (Å²) in [6.45, 7) is 3.36. The Morgan fingerprint density at radius 3 is 2.68 bits per heavy atom. The molecule has 1 N–H and O–H groups in total. The Labute approximate surface area is 136 Å². The molecule has 1 atom stereocenters. The van der Waals surface area contributed by atoms with E-state index >= 15 is 0 Å². The number of urea groups is 1. The molecule has 0 spiro atoms.